The van der Waals surface area contributed by atoms with Crippen LogP contribution in [0.5, 0.6) is 5.75 Å². The van der Waals surface area contributed by atoms with Gasteiger partial charge in [0.2, 0.25) is 0 Å². The van der Waals surface area contributed by atoms with Crippen LogP contribution in [0.1, 0.15) is 10.4 Å². The molecule has 8 heteroatoms. The van der Waals surface area contributed by atoms with E-state index in [1.165, 1.54) is 18.4 Å². The highest BCUT2D eigenvalue weighted by atomic mass is 79.9. The van der Waals surface area contributed by atoms with E-state index in [9.17, 15) is 8.42 Å². The van der Waals surface area contributed by atoms with Crippen molar-refractivity contribution < 1.29 is 13.2 Å². The molecule has 1 aromatic heterocycles. The minimum absolute atomic E-state index is 0.177. The third kappa shape index (κ3) is 3.57. The second-order valence-electron chi connectivity index (χ2n) is 4.36. The summed E-state index contributed by atoms with van der Waals surface area (Å²) < 4.78 is 33.3. The minimum atomic E-state index is -3.70. The standard InChI is InChI=1S/C13H15BrN2O3S2/c1-8-3-4-11(19-2)10(5-8)16-21(17,18)12-6-9(7-15)20-13(12)14/h3-6,16H,7,15H2,1-2H3. The van der Waals surface area contributed by atoms with Gasteiger partial charge in [0.05, 0.1) is 16.6 Å². The van der Waals surface area contributed by atoms with E-state index in [1.54, 1.807) is 18.2 Å². The van der Waals surface area contributed by atoms with Gasteiger partial charge >= 0.3 is 0 Å². The van der Waals surface area contributed by atoms with Gasteiger partial charge in [-0.1, -0.05) is 6.07 Å². The van der Waals surface area contributed by atoms with Gasteiger partial charge in [-0.25, -0.2) is 8.42 Å². The van der Waals surface area contributed by atoms with Gasteiger partial charge in [0.1, 0.15) is 10.6 Å². The van der Waals surface area contributed by atoms with E-state index in [0.29, 0.717) is 21.8 Å². The number of rotatable bonds is 5. The molecule has 1 heterocycles. The molecule has 0 aliphatic carbocycles. The highest BCUT2D eigenvalue weighted by molar-refractivity contribution is 9.11. The Morgan fingerprint density at radius 2 is 2.10 bits per heavy atom. The summed E-state index contributed by atoms with van der Waals surface area (Å²) in [6, 6.07) is 6.87. The number of sulfonamides is 1. The highest BCUT2D eigenvalue weighted by Crippen LogP contribution is 2.34. The van der Waals surface area contributed by atoms with E-state index >= 15 is 0 Å². The highest BCUT2D eigenvalue weighted by Gasteiger charge is 2.22. The number of hydrogen-bond donors (Lipinski definition) is 2. The largest absolute Gasteiger partial charge is 0.495 e. The van der Waals surface area contributed by atoms with Crippen LogP contribution in [0.2, 0.25) is 0 Å². The van der Waals surface area contributed by atoms with E-state index in [1.807, 2.05) is 13.0 Å². The maximum Gasteiger partial charge on any atom is 0.264 e. The molecule has 1 aromatic carbocycles. The number of aryl methyl sites for hydroxylation is 1. The van der Waals surface area contributed by atoms with Gasteiger partial charge in [0.25, 0.3) is 10.0 Å². The topological polar surface area (TPSA) is 81.4 Å². The summed E-state index contributed by atoms with van der Waals surface area (Å²) in [6.07, 6.45) is 0. The number of ether oxygens (including phenoxy) is 1. The quantitative estimate of drug-likeness (QED) is 0.821. The first-order valence-corrected chi connectivity index (χ1v) is 9.12. The van der Waals surface area contributed by atoms with Crippen LogP contribution in [-0.4, -0.2) is 15.5 Å². The molecule has 0 radical (unpaired) electrons. The summed E-state index contributed by atoms with van der Waals surface area (Å²) in [7, 11) is -2.21. The Morgan fingerprint density at radius 1 is 1.38 bits per heavy atom. The summed E-state index contributed by atoms with van der Waals surface area (Å²) in [4.78, 5) is 0.968. The average molecular weight is 391 g/mol. The van der Waals surface area contributed by atoms with E-state index in [4.69, 9.17) is 10.5 Å². The van der Waals surface area contributed by atoms with Gasteiger partial charge in [-0.3, -0.25) is 4.72 Å². The Balaban J connectivity index is 2.41. The lowest BCUT2D eigenvalue weighted by Crippen LogP contribution is -2.13. The summed E-state index contributed by atoms with van der Waals surface area (Å²) in [5.41, 5.74) is 6.89. The molecule has 0 spiro atoms. The van der Waals surface area contributed by atoms with Crippen LogP contribution in [0.25, 0.3) is 0 Å². The first kappa shape index (κ1) is 16.3. The molecule has 0 amide bonds. The fourth-order valence-corrected chi connectivity index (χ4v) is 5.41. The summed E-state index contributed by atoms with van der Waals surface area (Å²) >= 11 is 4.58. The van der Waals surface area contributed by atoms with Gasteiger partial charge in [0, 0.05) is 11.4 Å². The SMILES string of the molecule is COc1ccc(C)cc1NS(=O)(=O)c1cc(CN)sc1Br. The number of hydrogen-bond acceptors (Lipinski definition) is 5. The normalized spacial score (nSPS) is 11.4. The van der Waals surface area contributed by atoms with Crippen LogP contribution >= 0.6 is 27.3 Å². The zero-order chi connectivity index (χ0) is 15.6. The van der Waals surface area contributed by atoms with E-state index < -0.39 is 10.0 Å². The van der Waals surface area contributed by atoms with Gasteiger partial charge in [0.15, 0.2) is 0 Å². The van der Waals surface area contributed by atoms with Crippen molar-refractivity contribution in [2.75, 3.05) is 11.8 Å². The first-order valence-electron chi connectivity index (χ1n) is 6.03. The van der Waals surface area contributed by atoms with E-state index in [0.717, 1.165) is 10.4 Å². The first-order chi connectivity index (χ1) is 9.87. The number of halogens is 1. The van der Waals surface area contributed by atoms with E-state index in [-0.39, 0.29) is 4.90 Å². The zero-order valence-electron chi connectivity index (χ0n) is 11.5. The molecular weight excluding hydrogens is 376 g/mol. The smallest absolute Gasteiger partial charge is 0.264 e. The Bertz CT molecular complexity index is 757. The number of nitrogens with one attached hydrogen (secondary N) is 1. The number of nitrogens with two attached hydrogens (primary N) is 1. The van der Waals surface area contributed by atoms with Crippen LogP contribution < -0.4 is 15.2 Å². The lowest BCUT2D eigenvalue weighted by atomic mass is 10.2. The third-order valence-electron chi connectivity index (χ3n) is 2.80. The van der Waals surface area contributed by atoms with Crippen molar-refractivity contribution in [2.24, 2.45) is 5.73 Å². The van der Waals surface area contributed by atoms with Gasteiger partial charge < -0.3 is 10.5 Å². The molecule has 2 aromatic rings. The Hall–Kier alpha value is -1.09. The summed E-state index contributed by atoms with van der Waals surface area (Å²) in [5, 5.41) is 0. The van der Waals surface area contributed by atoms with Crippen LogP contribution in [0, 0.1) is 6.92 Å². The fraction of sp³-hybridized carbons (Fsp3) is 0.231. The van der Waals surface area contributed by atoms with Gasteiger partial charge in [-0.15, -0.1) is 11.3 Å². The van der Waals surface area contributed by atoms with Gasteiger partial charge in [-0.2, -0.15) is 0 Å². The van der Waals surface area contributed by atoms with Crippen molar-refractivity contribution in [3.05, 3.63) is 38.5 Å². The Labute approximate surface area is 136 Å². The number of thiophene rings is 1. The molecule has 0 atom stereocenters. The van der Waals surface area contributed by atoms with Crippen LogP contribution in [0.15, 0.2) is 32.9 Å². The molecule has 0 bridgehead atoms. The maximum atomic E-state index is 12.5. The molecule has 3 N–H and O–H groups in total. The lowest BCUT2D eigenvalue weighted by Gasteiger charge is -2.12. The average Bonchev–Trinajstić information content (AvgIpc) is 2.81. The zero-order valence-corrected chi connectivity index (χ0v) is 14.7. The second kappa shape index (κ2) is 6.35. The molecule has 0 saturated carbocycles. The summed E-state index contributed by atoms with van der Waals surface area (Å²) in [6.45, 7) is 2.18. The van der Waals surface area contributed by atoms with Crippen molar-refractivity contribution in [1.29, 1.82) is 0 Å². The minimum Gasteiger partial charge on any atom is -0.495 e. The molecule has 5 nitrogen and oxygen atoms in total. The molecule has 0 fully saturated rings. The van der Waals surface area contributed by atoms with Crippen molar-refractivity contribution in [3.63, 3.8) is 0 Å². The monoisotopic (exact) mass is 390 g/mol. The number of methoxy groups -OCH3 is 1. The fourth-order valence-electron chi connectivity index (χ4n) is 1.78. The molecule has 114 valence electrons. The predicted octanol–water partition coefficient (Wildman–Crippen LogP) is 3.09. The van der Waals surface area contributed by atoms with Gasteiger partial charge in [-0.05, 0) is 46.6 Å². The van der Waals surface area contributed by atoms with Crippen LogP contribution in [0.3, 0.4) is 0 Å². The molecular formula is C13H15BrN2O3S2. The molecule has 0 saturated heterocycles. The second-order valence-corrected chi connectivity index (χ2v) is 8.47. The Morgan fingerprint density at radius 3 is 2.67 bits per heavy atom. The maximum absolute atomic E-state index is 12.5. The van der Waals surface area contributed by atoms with Crippen molar-refractivity contribution in [2.45, 2.75) is 18.4 Å². The molecule has 2 rings (SSSR count). The third-order valence-corrected chi connectivity index (χ3v) is 6.44. The number of anilines is 1. The number of benzene rings is 1. The van der Waals surface area contributed by atoms with Crippen LogP contribution in [0.4, 0.5) is 5.69 Å². The molecule has 0 aliphatic rings. The van der Waals surface area contributed by atoms with Crippen molar-refractivity contribution in [1.82, 2.24) is 0 Å². The predicted molar refractivity (Wildman–Crippen MR) is 88.4 cm³/mol. The molecule has 21 heavy (non-hydrogen) atoms. The van der Waals surface area contributed by atoms with Crippen molar-refractivity contribution in [3.8, 4) is 5.75 Å². The lowest BCUT2D eigenvalue weighted by molar-refractivity contribution is 0.417. The van der Waals surface area contributed by atoms with E-state index in [2.05, 4.69) is 20.7 Å². The molecule has 0 aliphatic heterocycles. The summed E-state index contributed by atoms with van der Waals surface area (Å²) in [5.74, 6) is 0.467. The van der Waals surface area contributed by atoms with Crippen LogP contribution in [-0.2, 0) is 16.6 Å². The molecule has 0 unspecified atom stereocenters. The Kier molecular flexibility index (Phi) is 4.92. The van der Waals surface area contributed by atoms with Crippen molar-refractivity contribution >= 4 is 43.0 Å².